The summed E-state index contributed by atoms with van der Waals surface area (Å²) >= 11 is 0. The molecule has 1 heterocycles. The van der Waals surface area contributed by atoms with Gasteiger partial charge >= 0.3 is 0 Å². The zero-order valence-electron chi connectivity index (χ0n) is 17.1. The van der Waals surface area contributed by atoms with Crippen LogP contribution >= 0.6 is 0 Å². The van der Waals surface area contributed by atoms with E-state index in [1.807, 2.05) is 14.1 Å². The summed E-state index contributed by atoms with van der Waals surface area (Å²) in [5, 5.41) is 12.8. The lowest BCUT2D eigenvalue weighted by Gasteiger charge is -2.28. The Kier molecular flexibility index (Phi) is 6.16. The molecule has 0 aliphatic heterocycles. The van der Waals surface area contributed by atoms with Crippen molar-refractivity contribution in [2.75, 3.05) is 29.2 Å². The highest BCUT2D eigenvalue weighted by Gasteiger charge is 2.31. The summed E-state index contributed by atoms with van der Waals surface area (Å²) in [5.41, 5.74) is 6.56. The standard InChI is InChI=1S/C20H25FN6O3/c1-11-6-14(18(22)30)15(21)8-16(11)24-20-23-9-17(26(2)3)19(25-20)27(10-28)12-4-5-13(29)7-12/h6,8-10,12-13,29H,4-5,7H2,1-3H3,(H2,22,30)(H,23,24,25). The Morgan fingerprint density at radius 3 is 2.67 bits per heavy atom. The van der Waals surface area contributed by atoms with Gasteiger partial charge in [-0.05, 0) is 43.9 Å². The minimum absolute atomic E-state index is 0.162. The van der Waals surface area contributed by atoms with Crippen molar-refractivity contribution in [3.63, 3.8) is 0 Å². The molecule has 0 radical (unpaired) electrons. The Morgan fingerprint density at radius 2 is 2.10 bits per heavy atom. The number of aromatic nitrogens is 2. The molecule has 1 saturated carbocycles. The average Bonchev–Trinajstić information content (AvgIpc) is 3.10. The first kappa shape index (κ1) is 21.4. The van der Waals surface area contributed by atoms with Crippen molar-refractivity contribution < 1.29 is 19.1 Å². The molecule has 1 aliphatic carbocycles. The molecule has 0 spiro atoms. The predicted molar refractivity (Wildman–Crippen MR) is 111 cm³/mol. The molecule has 1 fully saturated rings. The van der Waals surface area contributed by atoms with Crippen LogP contribution in [0.1, 0.15) is 35.2 Å². The van der Waals surface area contributed by atoms with E-state index in [0.717, 1.165) is 6.07 Å². The number of aliphatic hydroxyl groups excluding tert-OH is 1. The van der Waals surface area contributed by atoms with Gasteiger partial charge in [-0.25, -0.2) is 9.37 Å². The number of primary amides is 1. The average molecular weight is 416 g/mol. The van der Waals surface area contributed by atoms with E-state index in [4.69, 9.17) is 5.73 Å². The van der Waals surface area contributed by atoms with Gasteiger partial charge in [0.15, 0.2) is 5.82 Å². The molecule has 10 heteroatoms. The van der Waals surface area contributed by atoms with Crippen LogP contribution < -0.4 is 20.9 Å². The fraction of sp³-hybridized carbons (Fsp3) is 0.400. The van der Waals surface area contributed by atoms with Gasteiger partial charge in [0.25, 0.3) is 5.91 Å². The molecular weight excluding hydrogens is 391 g/mol. The highest BCUT2D eigenvalue weighted by atomic mass is 19.1. The fourth-order valence-electron chi connectivity index (χ4n) is 3.55. The molecule has 4 N–H and O–H groups in total. The molecule has 30 heavy (non-hydrogen) atoms. The zero-order chi connectivity index (χ0) is 22.0. The normalized spacial score (nSPS) is 18.2. The SMILES string of the molecule is Cc1cc(C(N)=O)c(F)cc1Nc1ncc(N(C)C)c(N(C=O)C2CCC(O)C2)n1. The van der Waals surface area contributed by atoms with E-state index in [9.17, 15) is 19.1 Å². The van der Waals surface area contributed by atoms with Crippen molar-refractivity contribution in [2.45, 2.75) is 38.3 Å². The van der Waals surface area contributed by atoms with Crippen LogP contribution in [0.2, 0.25) is 0 Å². The Labute approximate surface area is 173 Å². The monoisotopic (exact) mass is 416 g/mol. The van der Waals surface area contributed by atoms with E-state index in [-0.39, 0.29) is 17.6 Å². The number of amides is 2. The molecule has 9 nitrogen and oxygen atoms in total. The second-order valence-corrected chi connectivity index (χ2v) is 7.57. The second kappa shape index (κ2) is 8.62. The lowest BCUT2D eigenvalue weighted by Crippen LogP contribution is -2.34. The van der Waals surface area contributed by atoms with Crippen molar-refractivity contribution in [3.8, 4) is 0 Å². The molecular formula is C20H25FN6O3. The summed E-state index contributed by atoms with van der Waals surface area (Å²) in [6.45, 7) is 1.70. The zero-order valence-corrected chi connectivity index (χ0v) is 17.1. The van der Waals surface area contributed by atoms with E-state index < -0.39 is 17.8 Å². The number of halogens is 1. The summed E-state index contributed by atoms with van der Waals surface area (Å²) < 4.78 is 14.2. The number of hydrogen-bond donors (Lipinski definition) is 3. The summed E-state index contributed by atoms with van der Waals surface area (Å²) in [6.07, 6.45) is 3.57. The lowest BCUT2D eigenvalue weighted by atomic mass is 10.1. The van der Waals surface area contributed by atoms with Crippen LogP contribution in [0, 0.1) is 12.7 Å². The fourth-order valence-corrected chi connectivity index (χ4v) is 3.55. The van der Waals surface area contributed by atoms with Crippen LogP contribution in [0.4, 0.5) is 27.5 Å². The van der Waals surface area contributed by atoms with Gasteiger partial charge in [0.1, 0.15) is 5.82 Å². The number of nitrogens with two attached hydrogens (primary N) is 1. The number of anilines is 4. The third-order valence-corrected chi connectivity index (χ3v) is 5.19. The Hall–Kier alpha value is -3.27. The maximum atomic E-state index is 14.2. The quantitative estimate of drug-likeness (QED) is 0.587. The molecule has 0 saturated heterocycles. The van der Waals surface area contributed by atoms with Crippen molar-refractivity contribution in [1.29, 1.82) is 0 Å². The van der Waals surface area contributed by atoms with E-state index in [2.05, 4.69) is 15.3 Å². The van der Waals surface area contributed by atoms with Crippen LogP contribution in [-0.4, -0.2) is 53.6 Å². The van der Waals surface area contributed by atoms with Gasteiger partial charge in [0.2, 0.25) is 12.4 Å². The molecule has 2 amide bonds. The molecule has 1 aromatic heterocycles. The number of nitrogens with zero attached hydrogens (tertiary/aromatic N) is 4. The molecule has 3 rings (SSSR count). The van der Waals surface area contributed by atoms with Crippen molar-refractivity contribution in [2.24, 2.45) is 5.73 Å². The van der Waals surface area contributed by atoms with Gasteiger partial charge < -0.3 is 21.1 Å². The molecule has 1 aliphatic rings. The largest absolute Gasteiger partial charge is 0.393 e. The number of nitrogens with one attached hydrogen (secondary N) is 1. The number of aliphatic hydroxyl groups is 1. The first-order chi connectivity index (χ1) is 14.2. The Bertz CT molecular complexity index is 968. The molecule has 1 aromatic carbocycles. The molecule has 2 unspecified atom stereocenters. The minimum Gasteiger partial charge on any atom is -0.393 e. The van der Waals surface area contributed by atoms with Crippen LogP contribution in [0.15, 0.2) is 18.3 Å². The number of rotatable bonds is 7. The number of benzene rings is 1. The molecule has 0 bridgehead atoms. The lowest BCUT2D eigenvalue weighted by molar-refractivity contribution is -0.107. The van der Waals surface area contributed by atoms with Gasteiger partial charge in [0, 0.05) is 25.8 Å². The smallest absolute Gasteiger partial charge is 0.251 e. The van der Waals surface area contributed by atoms with Gasteiger partial charge in [-0.15, -0.1) is 0 Å². The Balaban J connectivity index is 1.97. The van der Waals surface area contributed by atoms with Crippen LogP contribution in [0.5, 0.6) is 0 Å². The maximum absolute atomic E-state index is 14.2. The third kappa shape index (κ3) is 4.33. The van der Waals surface area contributed by atoms with E-state index in [1.54, 1.807) is 18.0 Å². The molecule has 2 aromatic rings. The maximum Gasteiger partial charge on any atom is 0.251 e. The number of aryl methyl sites for hydroxylation is 1. The predicted octanol–water partition coefficient (Wildman–Crippen LogP) is 1.71. The molecule has 2 atom stereocenters. The first-order valence-electron chi connectivity index (χ1n) is 9.54. The minimum atomic E-state index is -0.851. The van der Waals surface area contributed by atoms with Crippen molar-refractivity contribution in [1.82, 2.24) is 9.97 Å². The van der Waals surface area contributed by atoms with Gasteiger partial charge in [-0.3, -0.25) is 14.5 Å². The van der Waals surface area contributed by atoms with E-state index >= 15 is 0 Å². The summed E-state index contributed by atoms with van der Waals surface area (Å²) in [5.74, 6) is -1.06. The number of carbonyl (C=O) groups is 2. The topological polar surface area (TPSA) is 125 Å². The van der Waals surface area contributed by atoms with Gasteiger partial charge in [0.05, 0.1) is 23.6 Å². The van der Waals surface area contributed by atoms with Crippen LogP contribution in [-0.2, 0) is 4.79 Å². The highest BCUT2D eigenvalue weighted by Crippen LogP contribution is 2.33. The van der Waals surface area contributed by atoms with E-state index in [0.29, 0.717) is 48.4 Å². The van der Waals surface area contributed by atoms with Crippen molar-refractivity contribution in [3.05, 3.63) is 35.3 Å². The van der Waals surface area contributed by atoms with Crippen LogP contribution in [0.25, 0.3) is 0 Å². The van der Waals surface area contributed by atoms with E-state index in [1.165, 1.54) is 11.0 Å². The second-order valence-electron chi connectivity index (χ2n) is 7.57. The summed E-state index contributed by atoms with van der Waals surface area (Å²) in [6, 6.07) is 2.34. The highest BCUT2D eigenvalue weighted by molar-refractivity contribution is 5.94. The van der Waals surface area contributed by atoms with Crippen LogP contribution in [0.3, 0.4) is 0 Å². The Morgan fingerprint density at radius 1 is 1.37 bits per heavy atom. The number of carbonyl (C=O) groups excluding carboxylic acids is 2. The van der Waals surface area contributed by atoms with Gasteiger partial charge in [-0.1, -0.05) is 0 Å². The summed E-state index contributed by atoms with van der Waals surface area (Å²) in [4.78, 5) is 35.3. The number of hydrogen-bond acceptors (Lipinski definition) is 7. The van der Waals surface area contributed by atoms with Gasteiger partial charge in [-0.2, -0.15) is 4.98 Å². The van der Waals surface area contributed by atoms with Crippen molar-refractivity contribution >= 4 is 35.5 Å². The third-order valence-electron chi connectivity index (χ3n) is 5.19. The molecule has 160 valence electrons. The summed E-state index contributed by atoms with van der Waals surface area (Å²) in [7, 11) is 3.62. The first-order valence-corrected chi connectivity index (χ1v) is 9.54.